The van der Waals surface area contributed by atoms with Crippen LogP contribution in [0.2, 0.25) is 0 Å². The van der Waals surface area contributed by atoms with Crippen LogP contribution in [0.25, 0.3) is 12.2 Å². The molecule has 4 aromatic rings. The van der Waals surface area contributed by atoms with E-state index in [1.54, 1.807) is 72.8 Å². The van der Waals surface area contributed by atoms with Crippen LogP contribution in [-0.4, -0.2) is 24.7 Å². The lowest BCUT2D eigenvalue weighted by atomic mass is 10.0. The summed E-state index contributed by atoms with van der Waals surface area (Å²) in [5, 5.41) is 5.52. The summed E-state index contributed by atoms with van der Waals surface area (Å²) >= 11 is 0. The molecule has 0 bridgehead atoms. The van der Waals surface area contributed by atoms with Crippen LogP contribution >= 0.6 is 0 Å². The van der Waals surface area contributed by atoms with E-state index in [2.05, 4.69) is 36.6 Å². The molecular weight excluding hydrogens is 512 g/mol. The summed E-state index contributed by atoms with van der Waals surface area (Å²) in [6, 6.07) is 30.5. The van der Waals surface area contributed by atoms with Crippen molar-refractivity contribution in [2.75, 3.05) is 12.4 Å². The van der Waals surface area contributed by atoms with E-state index < -0.39 is 11.8 Å². The minimum absolute atomic E-state index is 0.0370. The van der Waals surface area contributed by atoms with Crippen molar-refractivity contribution < 1.29 is 19.1 Å². The number of ketones is 1. The Bertz CT molecular complexity index is 1570. The van der Waals surface area contributed by atoms with Crippen LogP contribution in [0.15, 0.2) is 115 Å². The molecule has 4 rings (SSSR count). The molecule has 2 amide bonds. The number of nitrogens with one attached hydrogen (secondary N) is 2. The van der Waals surface area contributed by atoms with Crippen molar-refractivity contribution in [3.05, 3.63) is 143 Å². The number of methoxy groups -OCH3 is 1. The molecule has 0 aliphatic carbocycles. The van der Waals surface area contributed by atoms with Crippen LogP contribution in [0.4, 0.5) is 5.69 Å². The molecule has 0 unspecified atom stereocenters. The molecule has 0 aliphatic rings. The van der Waals surface area contributed by atoms with Crippen molar-refractivity contribution in [3.63, 3.8) is 0 Å². The fourth-order valence-corrected chi connectivity index (χ4v) is 4.06. The molecule has 0 aliphatic heterocycles. The number of carbonyl (C=O) groups is 3. The zero-order chi connectivity index (χ0) is 29.2. The largest absolute Gasteiger partial charge is 0.496 e. The first-order valence-electron chi connectivity index (χ1n) is 13.3. The van der Waals surface area contributed by atoms with Crippen LogP contribution in [0, 0.1) is 0 Å². The van der Waals surface area contributed by atoms with Gasteiger partial charge in [0.2, 0.25) is 0 Å². The van der Waals surface area contributed by atoms with E-state index in [1.807, 2.05) is 30.3 Å². The highest BCUT2D eigenvalue weighted by atomic mass is 16.5. The topological polar surface area (TPSA) is 84.5 Å². The Labute approximate surface area is 240 Å². The normalized spacial score (nSPS) is 11.4. The van der Waals surface area contributed by atoms with Gasteiger partial charge >= 0.3 is 0 Å². The molecule has 2 N–H and O–H groups in total. The van der Waals surface area contributed by atoms with Gasteiger partial charge in [0.1, 0.15) is 11.4 Å². The van der Waals surface area contributed by atoms with E-state index in [0.717, 1.165) is 5.56 Å². The van der Waals surface area contributed by atoms with Crippen molar-refractivity contribution in [2.24, 2.45) is 0 Å². The van der Waals surface area contributed by atoms with Crippen LogP contribution in [-0.2, 0) is 4.79 Å². The number of rotatable bonds is 10. The molecule has 0 radical (unpaired) electrons. The first-order valence-corrected chi connectivity index (χ1v) is 13.3. The van der Waals surface area contributed by atoms with Crippen LogP contribution in [0.3, 0.4) is 0 Å². The van der Waals surface area contributed by atoms with Gasteiger partial charge in [0.05, 0.1) is 7.11 Å². The molecule has 206 valence electrons. The minimum Gasteiger partial charge on any atom is -0.496 e. The van der Waals surface area contributed by atoms with Gasteiger partial charge in [0.25, 0.3) is 11.8 Å². The highest BCUT2D eigenvalue weighted by Crippen LogP contribution is 2.21. The molecular formula is C35H32N2O4. The number of hydrogen-bond acceptors (Lipinski definition) is 4. The average Bonchev–Trinajstić information content (AvgIpc) is 3.00. The van der Waals surface area contributed by atoms with Crippen molar-refractivity contribution in [2.45, 2.75) is 19.8 Å². The van der Waals surface area contributed by atoms with Crippen molar-refractivity contribution in [1.82, 2.24) is 5.32 Å². The molecule has 0 spiro atoms. The number of ether oxygens (including phenoxy) is 1. The maximum Gasteiger partial charge on any atom is 0.272 e. The number of carbonyl (C=O) groups excluding carboxylic acids is 3. The van der Waals surface area contributed by atoms with Crippen LogP contribution in [0.5, 0.6) is 5.75 Å². The predicted octanol–water partition coefficient (Wildman–Crippen LogP) is 7.12. The molecule has 41 heavy (non-hydrogen) atoms. The molecule has 0 heterocycles. The summed E-state index contributed by atoms with van der Waals surface area (Å²) in [5.41, 5.74) is 4.22. The first-order chi connectivity index (χ1) is 19.8. The Morgan fingerprint density at radius 1 is 0.756 bits per heavy atom. The van der Waals surface area contributed by atoms with E-state index in [-0.39, 0.29) is 11.5 Å². The molecule has 0 aromatic heterocycles. The predicted molar refractivity (Wildman–Crippen MR) is 164 cm³/mol. The van der Waals surface area contributed by atoms with Gasteiger partial charge in [0, 0.05) is 22.4 Å². The molecule has 6 nitrogen and oxygen atoms in total. The molecule has 0 fully saturated rings. The summed E-state index contributed by atoms with van der Waals surface area (Å²) in [4.78, 5) is 38.9. The van der Waals surface area contributed by atoms with Crippen LogP contribution < -0.4 is 15.4 Å². The summed E-state index contributed by atoms with van der Waals surface area (Å²) in [6.07, 6.45) is 4.88. The van der Waals surface area contributed by atoms with Gasteiger partial charge in [-0.25, -0.2) is 0 Å². The van der Waals surface area contributed by atoms with Gasteiger partial charge in [-0.15, -0.1) is 0 Å². The Morgan fingerprint density at radius 3 is 2.07 bits per heavy atom. The van der Waals surface area contributed by atoms with E-state index in [0.29, 0.717) is 34.0 Å². The quantitative estimate of drug-likeness (QED) is 0.164. The summed E-state index contributed by atoms with van der Waals surface area (Å²) in [5.74, 6) is -0.0970. The van der Waals surface area contributed by atoms with E-state index in [4.69, 9.17) is 4.74 Å². The third kappa shape index (κ3) is 7.90. The zero-order valence-electron chi connectivity index (χ0n) is 23.3. The second kappa shape index (κ2) is 13.7. The fourth-order valence-electron chi connectivity index (χ4n) is 4.06. The number of hydrogen-bond donors (Lipinski definition) is 2. The third-order valence-electron chi connectivity index (χ3n) is 6.43. The van der Waals surface area contributed by atoms with Gasteiger partial charge in [-0.3, -0.25) is 14.4 Å². The van der Waals surface area contributed by atoms with Gasteiger partial charge in [-0.2, -0.15) is 0 Å². The lowest BCUT2D eigenvalue weighted by molar-refractivity contribution is -0.113. The molecule has 6 heteroatoms. The number of para-hydroxylation sites is 1. The Kier molecular flexibility index (Phi) is 9.62. The minimum atomic E-state index is -0.524. The maximum absolute atomic E-state index is 13.3. The van der Waals surface area contributed by atoms with Gasteiger partial charge in [0.15, 0.2) is 5.78 Å². The molecule has 0 atom stereocenters. The van der Waals surface area contributed by atoms with E-state index in [1.165, 1.54) is 18.7 Å². The summed E-state index contributed by atoms with van der Waals surface area (Å²) < 4.78 is 5.41. The third-order valence-corrected chi connectivity index (χ3v) is 6.43. The average molecular weight is 545 g/mol. The fraction of sp³-hybridized carbons (Fsp3) is 0.114. The van der Waals surface area contributed by atoms with E-state index in [9.17, 15) is 14.4 Å². The van der Waals surface area contributed by atoms with Crippen molar-refractivity contribution >= 4 is 35.4 Å². The van der Waals surface area contributed by atoms with E-state index >= 15 is 0 Å². The standard InChI is InChI=1S/C35H32N2O4/c1-24(2)26-16-13-25(14-17-26)15-22-32(38)27-18-20-30(21-19-27)36-35(40)31(23-29-11-7-8-12-33(29)41-3)37-34(39)28-9-5-4-6-10-28/h4-24H,1-3H3,(H,36,40)(H,37,39)/b22-15+,31-23-. The maximum atomic E-state index is 13.3. The number of allylic oxidation sites excluding steroid dienone is 1. The molecule has 4 aromatic carbocycles. The molecule has 0 saturated heterocycles. The lowest BCUT2D eigenvalue weighted by Gasteiger charge is -2.12. The number of amides is 2. The SMILES string of the molecule is COc1ccccc1/C=C(\NC(=O)c1ccccc1)C(=O)Nc1ccc(C(=O)/C=C/c2ccc(C(C)C)cc2)cc1. The highest BCUT2D eigenvalue weighted by molar-refractivity contribution is 6.11. The van der Waals surface area contributed by atoms with Crippen LogP contribution in [0.1, 0.15) is 57.2 Å². The van der Waals surface area contributed by atoms with Gasteiger partial charge < -0.3 is 15.4 Å². The summed E-state index contributed by atoms with van der Waals surface area (Å²) in [6.45, 7) is 4.28. The van der Waals surface area contributed by atoms with Gasteiger partial charge in [-0.1, -0.05) is 80.6 Å². The Morgan fingerprint density at radius 2 is 1.41 bits per heavy atom. The summed E-state index contributed by atoms with van der Waals surface area (Å²) in [7, 11) is 1.54. The monoisotopic (exact) mass is 544 g/mol. The molecule has 0 saturated carbocycles. The highest BCUT2D eigenvalue weighted by Gasteiger charge is 2.16. The number of anilines is 1. The first kappa shape index (κ1) is 28.8. The van der Waals surface area contributed by atoms with Crippen molar-refractivity contribution in [1.29, 1.82) is 0 Å². The zero-order valence-corrected chi connectivity index (χ0v) is 23.3. The number of benzene rings is 4. The second-order valence-corrected chi connectivity index (χ2v) is 9.67. The van der Waals surface area contributed by atoms with Gasteiger partial charge in [-0.05, 0) is 71.7 Å². The smallest absolute Gasteiger partial charge is 0.272 e. The Hall–Kier alpha value is -5.23. The Balaban J connectivity index is 1.49. The second-order valence-electron chi connectivity index (χ2n) is 9.67. The van der Waals surface area contributed by atoms with Crippen molar-refractivity contribution in [3.8, 4) is 5.75 Å². The lowest BCUT2D eigenvalue weighted by Crippen LogP contribution is -2.30.